The summed E-state index contributed by atoms with van der Waals surface area (Å²) in [6.45, 7) is 4.09. The van der Waals surface area contributed by atoms with Crippen LogP contribution in [0.3, 0.4) is 0 Å². The highest BCUT2D eigenvalue weighted by atomic mass is 16.5. The van der Waals surface area contributed by atoms with Gasteiger partial charge in [-0.05, 0) is 31.7 Å². The third-order valence-electron chi connectivity index (χ3n) is 4.04. The second kappa shape index (κ2) is 5.23. The molecule has 0 radical (unpaired) electrons. The third-order valence-corrected chi connectivity index (χ3v) is 4.04. The number of amides is 1. The summed E-state index contributed by atoms with van der Waals surface area (Å²) >= 11 is 0. The van der Waals surface area contributed by atoms with Gasteiger partial charge in [0.25, 0.3) is 11.6 Å². The SMILES string of the molecule is Cc1noc2ncc(C(=O)N[C@H]3CCC[C@H](C)C3)cc12. The van der Waals surface area contributed by atoms with Gasteiger partial charge in [0.15, 0.2) is 0 Å². The summed E-state index contributed by atoms with van der Waals surface area (Å²) in [6, 6.07) is 2.08. The van der Waals surface area contributed by atoms with Crippen molar-refractivity contribution in [2.24, 2.45) is 5.92 Å². The van der Waals surface area contributed by atoms with E-state index in [-0.39, 0.29) is 11.9 Å². The van der Waals surface area contributed by atoms with E-state index < -0.39 is 0 Å². The van der Waals surface area contributed by atoms with E-state index in [1.54, 1.807) is 12.3 Å². The molecular formula is C15H19N3O2. The van der Waals surface area contributed by atoms with Gasteiger partial charge in [0.2, 0.25) is 0 Å². The maximum absolute atomic E-state index is 12.3. The van der Waals surface area contributed by atoms with E-state index in [1.165, 1.54) is 12.8 Å². The van der Waals surface area contributed by atoms with Gasteiger partial charge in [-0.25, -0.2) is 4.98 Å². The molecular weight excluding hydrogens is 254 g/mol. The Morgan fingerprint density at radius 1 is 1.45 bits per heavy atom. The highest BCUT2D eigenvalue weighted by Crippen LogP contribution is 2.24. The second-order valence-electron chi connectivity index (χ2n) is 5.79. The fraction of sp³-hybridized carbons (Fsp3) is 0.533. The first kappa shape index (κ1) is 13.1. The normalized spacial score (nSPS) is 22.9. The predicted molar refractivity (Wildman–Crippen MR) is 75.4 cm³/mol. The number of carbonyl (C=O) groups excluding carboxylic acids is 1. The number of hydrogen-bond donors (Lipinski definition) is 1. The molecule has 1 amide bonds. The van der Waals surface area contributed by atoms with Crippen molar-refractivity contribution < 1.29 is 9.32 Å². The molecule has 0 aliphatic heterocycles. The van der Waals surface area contributed by atoms with Crippen LogP contribution >= 0.6 is 0 Å². The van der Waals surface area contributed by atoms with E-state index >= 15 is 0 Å². The van der Waals surface area contributed by atoms with Crippen LogP contribution in [0.5, 0.6) is 0 Å². The van der Waals surface area contributed by atoms with E-state index in [2.05, 4.69) is 22.4 Å². The zero-order valence-corrected chi connectivity index (χ0v) is 11.8. The zero-order valence-electron chi connectivity index (χ0n) is 11.8. The Morgan fingerprint density at radius 2 is 2.30 bits per heavy atom. The fourth-order valence-corrected chi connectivity index (χ4v) is 2.90. The van der Waals surface area contributed by atoms with Crippen molar-refractivity contribution in [3.8, 4) is 0 Å². The van der Waals surface area contributed by atoms with Crippen molar-refractivity contribution in [2.75, 3.05) is 0 Å². The molecule has 1 saturated carbocycles. The number of aromatic nitrogens is 2. The van der Waals surface area contributed by atoms with Crippen LogP contribution < -0.4 is 5.32 Å². The average Bonchev–Trinajstić information content (AvgIpc) is 2.80. The average molecular weight is 273 g/mol. The maximum Gasteiger partial charge on any atom is 0.257 e. The Hall–Kier alpha value is -1.91. The number of fused-ring (bicyclic) bond motifs is 1. The van der Waals surface area contributed by atoms with Gasteiger partial charge < -0.3 is 9.84 Å². The van der Waals surface area contributed by atoms with Crippen LogP contribution in [-0.2, 0) is 0 Å². The van der Waals surface area contributed by atoms with Crippen LogP contribution in [0.4, 0.5) is 0 Å². The Bertz CT molecular complexity index is 635. The summed E-state index contributed by atoms with van der Waals surface area (Å²) in [5.74, 6) is 0.633. The summed E-state index contributed by atoms with van der Waals surface area (Å²) in [4.78, 5) is 16.4. The quantitative estimate of drug-likeness (QED) is 0.913. The molecule has 0 bridgehead atoms. The Labute approximate surface area is 117 Å². The summed E-state index contributed by atoms with van der Waals surface area (Å²) in [6.07, 6.45) is 6.13. The van der Waals surface area contributed by atoms with Crippen LogP contribution in [0.2, 0.25) is 0 Å². The molecule has 1 aliphatic carbocycles. The second-order valence-corrected chi connectivity index (χ2v) is 5.79. The maximum atomic E-state index is 12.3. The number of nitrogens with one attached hydrogen (secondary N) is 1. The number of hydrogen-bond acceptors (Lipinski definition) is 4. The summed E-state index contributed by atoms with van der Waals surface area (Å²) in [5, 5.41) is 7.77. The molecule has 2 heterocycles. The molecule has 1 fully saturated rings. The Kier molecular flexibility index (Phi) is 3.42. The molecule has 1 aliphatic rings. The topological polar surface area (TPSA) is 68.0 Å². The fourth-order valence-electron chi connectivity index (χ4n) is 2.90. The molecule has 106 valence electrons. The predicted octanol–water partition coefficient (Wildman–Crippen LogP) is 2.84. The van der Waals surface area contributed by atoms with E-state index in [9.17, 15) is 4.79 Å². The minimum Gasteiger partial charge on any atom is -0.349 e. The molecule has 1 N–H and O–H groups in total. The first-order chi connectivity index (χ1) is 9.63. The smallest absolute Gasteiger partial charge is 0.257 e. The summed E-state index contributed by atoms with van der Waals surface area (Å²) in [7, 11) is 0. The number of carbonyl (C=O) groups is 1. The van der Waals surface area contributed by atoms with E-state index in [0.717, 1.165) is 23.9 Å². The molecule has 20 heavy (non-hydrogen) atoms. The number of pyridine rings is 1. The van der Waals surface area contributed by atoms with E-state index in [4.69, 9.17) is 4.52 Å². The van der Waals surface area contributed by atoms with Gasteiger partial charge in [-0.3, -0.25) is 4.79 Å². The van der Waals surface area contributed by atoms with Gasteiger partial charge in [0.1, 0.15) is 0 Å². The molecule has 0 unspecified atom stereocenters. The molecule has 0 aromatic carbocycles. The Morgan fingerprint density at radius 3 is 3.10 bits per heavy atom. The zero-order chi connectivity index (χ0) is 14.1. The minimum atomic E-state index is -0.0564. The van der Waals surface area contributed by atoms with E-state index in [0.29, 0.717) is 17.2 Å². The third kappa shape index (κ3) is 2.53. The Balaban J connectivity index is 1.76. The monoisotopic (exact) mass is 273 g/mol. The van der Waals surface area contributed by atoms with Crippen LogP contribution in [0, 0.1) is 12.8 Å². The molecule has 0 spiro atoms. The van der Waals surface area contributed by atoms with Crippen molar-refractivity contribution in [1.82, 2.24) is 15.5 Å². The van der Waals surface area contributed by atoms with Crippen molar-refractivity contribution in [2.45, 2.75) is 45.6 Å². The van der Waals surface area contributed by atoms with Crippen LogP contribution in [0.1, 0.15) is 48.7 Å². The number of rotatable bonds is 2. The van der Waals surface area contributed by atoms with Crippen molar-refractivity contribution in [1.29, 1.82) is 0 Å². The van der Waals surface area contributed by atoms with Gasteiger partial charge in [0, 0.05) is 12.2 Å². The van der Waals surface area contributed by atoms with Gasteiger partial charge in [-0.2, -0.15) is 0 Å². The minimum absolute atomic E-state index is 0.0564. The summed E-state index contributed by atoms with van der Waals surface area (Å²) < 4.78 is 5.05. The van der Waals surface area contributed by atoms with Crippen LogP contribution in [-0.4, -0.2) is 22.1 Å². The van der Waals surface area contributed by atoms with Crippen molar-refractivity contribution in [3.63, 3.8) is 0 Å². The molecule has 2 aromatic heterocycles. The van der Waals surface area contributed by atoms with Crippen molar-refractivity contribution in [3.05, 3.63) is 23.5 Å². The molecule has 5 nitrogen and oxygen atoms in total. The van der Waals surface area contributed by atoms with Crippen LogP contribution in [0.15, 0.2) is 16.8 Å². The van der Waals surface area contributed by atoms with Gasteiger partial charge in [0.05, 0.1) is 16.6 Å². The highest BCUT2D eigenvalue weighted by molar-refractivity contribution is 5.97. The summed E-state index contributed by atoms with van der Waals surface area (Å²) in [5.41, 5.74) is 1.81. The van der Waals surface area contributed by atoms with Crippen LogP contribution in [0.25, 0.3) is 11.1 Å². The largest absolute Gasteiger partial charge is 0.349 e. The van der Waals surface area contributed by atoms with Gasteiger partial charge in [-0.15, -0.1) is 0 Å². The molecule has 5 heteroatoms. The molecule has 3 rings (SSSR count). The number of nitrogens with zero attached hydrogens (tertiary/aromatic N) is 2. The highest BCUT2D eigenvalue weighted by Gasteiger charge is 2.21. The van der Waals surface area contributed by atoms with Gasteiger partial charge >= 0.3 is 0 Å². The van der Waals surface area contributed by atoms with E-state index in [1.807, 2.05) is 6.92 Å². The molecule has 0 saturated heterocycles. The standard InChI is InChI=1S/C15H19N3O2/c1-9-4-3-5-12(6-9)17-14(19)11-7-13-10(2)18-20-15(13)16-8-11/h7-9,12H,3-6H2,1-2H3,(H,17,19)/t9-,12-/m0/s1. The number of aryl methyl sites for hydroxylation is 1. The molecule has 2 atom stereocenters. The van der Waals surface area contributed by atoms with Crippen molar-refractivity contribution >= 4 is 17.0 Å². The first-order valence-corrected chi connectivity index (χ1v) is 7.16. The lowest BCUT2D eigenvalue weighted by Crippen LogP contribution is -2.38. The lowest BCUT2D eigenvalue weighted by molar-refractivity contribution is 0.0921. The lowest BCUT2D eigenvalue weighted by atomic mass is 9.87. The lowest BCUT2D eigenvalue weighted by Gasteiger charge is -2.27. The first-order valence-electron chi connectivity index (χ1n) is 7.16. The van der Waals surface area contributed by atoms with Gasteiger partial charge in [-0.1, -0.05) is 24.9 Å². The molecule has 2 aromatic rings.